The van der Waals surface area contributed by atoms with Gasteiger partial charge in [-0.3, -0.25) is 4.79 Å². The predicted octanol–water partition coefficient (Wildman–Crippen LogP) is 4.33. The zero-order valence-electron chi connectivity index (χ0n) is 11.6. The van der Waals surface area contributed by atoms with E-state index >= 15 is 0 Å². The normalized spacial score (nSPS) is 10.9. The highest BCUT2D eigenvalue weighted by molar-refractivity contribution is 6.36. The largest absolute Gasteiger partial charge is 0.508 e. The monoisotopic (exact) mass is 351 g/mol. The van der Waals surface area contributed by atoms with Crippen LogP contribution in [0.1, 0.15) is 5.76 Å². The Labute approximate surface area is 141 Å². The van der Waals surface area contributed by atoms with Crippen LogP contribution in [0.4, 0.5) is 5.69 Å². The van der Waals surface area contributed by atoms with E-state index in [-0.39, 0.29) is 23.7 Å². The lowest BCUT2D eigenvalue weighted by Crippen LogP contribution is -2.14. The van der Waals surface area contributed by atoms with E-state index in [9.17, 15) is 15.0 Å². The summed E-state index contributed by atoms with van der Waals surface area (Å²) in [5.74, 6) is -0.423. The number of carbonyl (C=O) groups excluding carboxylic acids is 1. The van der Waals surface area contributed by atoms with Gasteiger partial charge in [0.2, 0.25) is 5.91 Å². The van der Waals surface area contributed by atoms with Crippen molar-refractivity contribution in [3.05, 3.63) is 52.2 Å². The zero-order valence-corrected chi connectivity index (χ0v) is 13.1. The summed E-state index contributed by atoms with van der Waals surface area (Å²) in [5.41, 5.74) is 0.712. The molecule has 0 saturated carbocycles. The third-order valence-electron chi connectivity index (χ3n) is 3.24. The first-order valence-electron chi connectivity index (χ1n) is 6.62. The van der Waals surface area contributed by atoms with Gasteiger partial charge in [0.1, 0.15) is 11.3 Å². The van der Waals surface area contributed by atoms with Gasteiger partial charge in [0.15, 0.2) is 11.5 Å². The molecule has 1 aromatic heterocycles. The Kier molecular flexibility index (Phi) is 4.07. The minimum Gasteiger partial charge on any atom is -0.508 e. The molecule has 23 heavy (non-hydrogen) atoms. The predicted molar refractivity (Wildman–Crippen MR) is 88.3 cm³/mol. The summed E-state index contributed by atoms with van der Waals surface area (Å²) in [5, 5.41) is 23.3. The second-order valence-corrected chi connectivity index (χ2v) is 5.75. The molecule has 0 bridgehead atoms. The summed E-state index contributed by atoms with van der Waals surface area (Å²) >= 11 is 11.8. The topological polar surface area (TPSA) is 82.7 Å². The van der Waals surface area contributed by atoms with Gasteiger partial charge in [0, 0.05) is 11.1 Å². The summed E-state index contributed by atoms with van der Waals surface area (Å²) in [7, 11) is 0. The molecule has 3 N–H and O–H groups in total. The van der Waals surface area contributed by atoms with Crippen molar-refractivity contribution in [1.82, 2.24) is 0 Å². The molecular weight excluding hydrogens is 341 g/mol. The third kappa shape index (κ3) is 3.21. The van der Waals surface area contributed by atoms with E-state index in [0.717, 1.165) is 0 Å². The van der Waals surface area contributed by atoms with Gasteiger partial charge in [-0.25, -0.2) is 0 Å². The van der Waals surface area contributed by atoms with E-state index in [1.54, 1.807) is 12.1 Å². The Hall–Kier alpha value is -2.37. The van der Waals surface area contributed by atoms with Crippen molar-refractivity contribution in [1.29, 1.82) is 0 Å². The summed E-state index contributed by atoms with van der Waals surface area (Å²) in [6.45, 7) is 0. The first-order valence-corrected chi connectivity index (χ1v) is 7.38. The molecule has 0 atom stereocenters. The van der Waals surface area contributed by atoms with Gasteiger partial charge in [-0.1, -0.05) is 23.2 Å². The average Bonchev–Trinajstić information content (AvgIpc) is 2.77. The van der Waals surface area contributed by atoms with Crippen LogP contribution in [0, 0.1) is 0 Å². The van der Waals surface area contributed by atoms with E-state index in [2.05, 4.69) is 5.32 Å². The van der Waals surface area contributed by atoms with Crippen molar-refractivity contribution >= 4 is 45.8 Å². The Bertz CT molecular complexity index is 904. The van der Waals surface area contributed by atoms with Crippen LogP contribution in [0.15, 0.2) is 40.8 Å². The molecule has 0 fully saturated rings. The molecule has 5 nitrogen and oxygen atoms in total. The summed E-state index contributed by atoms with van der Waals surface area (Å²) in [4.78, 5) is 12.1. The number of benzene rings is 2. The maximum Gasteiger partial charge on any atom is 0.232 e. The Balaban J connectivity index is 1.81. The number of anilines is 1. The molecule has 1 amide bonds. The van der Waals surface area contributed by atoms with E-state index in [1.165, 1.54) is 24.3 Å². The van der Waals surface area contributed by atoms with E-state index in [1.807, 2.05) is 0 Å². The van der Waals surface area contributed by atoms with Gasteiger partial charge >= 0.3 is 0 Å². The number of furan rings is 1. The first kappa shape index (κ1) is 15.5. The maximum atomic E-state index is 12.1. The number of aromatic hydroxyl groups is 2. The molecule has 118 valence electrons. The van der Waals surface area contributed by atoms with Crippen LogP contribution < -0.4 is 5.32 Å². The van der Waals surface area contributed by atoms with Crippen LogP contribution in [0.3, 0.4) is 0 Å². The van der Waals surface area contributed by atoms with Crippen LogP contribution in [0.25, 0.3) is 11.0 Å². The van der Waals surface area contributed by atoms with Crippen molar-refractivity contribution in [3.8, 4) is 11.5 Å². The number of carbonyl (C=O) groups is 1. The van der Waals surface area contributed by atoms with Crippen LogP contribution in [0.2, 0.25) is 10.0 Å². The Morgan fingerprint density at radius 3 is 2.65 bits per heavy atom. The lowest BCUT2D eigenvalue weighted by molar-refractivity contribution is -0.115. The van der Waals surface area contributed by atoms with Crippen molar-refractivity contribution in [3.63, 3.8) is 0 Å². The number of phenols is 1. The highest BCUT2D eigenvalue weighted by Crippen LogP contribution is 2.34. The molecule has 2 aromatic carbocycles. The smallest absolute Gasteiger partial charge is 0.232 e. The molecule has 7 heteroatoms. The minimum atomic E-state index is -0.409. The molecule has 0 aliphatic heterocycles. The van der Waals surface area contributed by atoms with Crippen molar-refractivity contribution in [2.75, 3.05) is 5.32 Å². The molecule has 0 saturated heterocycles. The number of amides is 1. The van der Waals surface area contributed by atoms with Gasteiger partial charge in [-0.15, -0.1) is 0 Å². The molecular formula is C16H11Cl2NO4. The molecule has 0 aliphatic carbocycles. The Morgan fingerprint density at radius 2 is 1.91 bits per heavy atom. The average molecular weight is 352 g/mol. The molecule has 0 aliphatic rings. The molecule has 0 spiro atoms. The van der Waals surface area contributed by atoms with Gasteiger partial charge in [0.05, 0.1) is 22.5 Å². The standard InChI is InChI=1S/C16H11Cl2NO4/c17-8-1-4-12(11(18)5-8)19-15(21)7-14-16(22)10-3-2-9(20)6-13(10)23-14/h1-6,20,22H,7H2,(H,19,21). The number of nitrogens with one attached hydrogen (secondary N) is 1. The first-order chi connectivity index (χ1) is 10.9. The number of hydrogen-bond acceptors (Lipinski definition) is 4. The molecule has 0 unspecified atom stereocenters. The van der Waals surface area contributed by atoms with Crippen molar-refractivity contribution in [2.45, 2.75) is 6.42 Å². The highest BCUT2D eigenvalue weighted by Gasteiger charge is 2.17. The van der Waals surface area contributed by atoms with Crippen molar-refractivity contribution < 1.29 is 19.4 Å². The molecule has 0 radical (unpaired) electrons. The lowest BCUT2D eigenvalue weighted by atomic mass is 10.2. The van der Waals surface area contributed by atoms with E-state index in [4.69, 9.17) is 27.6 Å². The maximum absolute atomic E-state index is 12.1. The van der Waals surface area contributed by atoms with Gasteiger partial charge in [0.25, 0.3) is 0 Å². The fraction of sp³-hybridized carbons (Fsp3) is 0.0625. The minimum absolute atomic E-state index is 0.00944. The lowest BCUT2D eigenvalue weighted by Gasteiger charge is -2.06. The number of rotatable bonds is 3. The van der Waals surface area contributed by atoms with Gasteiger partial charge < -0.3 is 19.9 Å². The molecule has 3 rings (SSSR count). The van der Waals surface area contributed by atoms with E-state index in [0.29, 0.717) is 26.7 Å². The fourth-order valence-corrected chi connectivity index (χ4v) is 2.63. The second-order valence-electron chi connectivity index (χ2n) is 4.90. The number of fused-ring (bicyclic) bond motifs is 1. The fourth-order valence-electron chi connectivity index (χ4n) is 2.17. The van der Waals surface area contributed by atoms with Crippen LogP contribution in [-0.2, 0) is 11.2 Å². The number of halogens is 2. The quantitative estimate of drug-likeness (QED) is 0.655. The summed E-state index contributed by atoms with van der Waals surface area (Å²) < 4.78 is 5.41. The number of hydrogen-bond donors (Lipinski definition) is 3. The number of phenolic OH excluding ortho intramolecular Hbond substituents is 1. The Morgan fingerprint density at radius 1 is 1.13 bits per heavy atom. The summed E-state index contributed by atoms with van der Waals surface area (Å²) in [6.07, 6.45) is -0.180. The molecule has 3 aromatic rings. The third-order valence-corrected chi connectivity index (χ3v) is 3.79. The highest BCUT2D eigenvalue weighted by atomic mass is 35.5. The van der Waals surface area contributed by atoms with E-state index < -0.39 is 5.91 Å². The van der Waals surface area contributed by atoms with Crippen LogP contribution in [-0.4, -0.2) is 16.1 Å². The summed E-state index contributed by atoms with van der Waals surface area (Å²) in [6, 6.07) is 9.01. The van der Waals surface area contributed by atoms with Gasteiger partial charge in [-0.2, -0.15) is 0 Å². The van der Waals surface area contributed by atoms with Gasteiger partial charge in [-0.05, 0) is 30.3 Å². The van der Waals surface area contributed by atoms with Crippen LogP contribution >= 0.6 is 23.2 Å². The second kappa shape index (κ2) is 6.02. The molecule has 1 heterocycles. The zero-order chi connectivity index (χ0) is 16.6. The van der Waals surface area contributed by atoms with Crippen molar-refractivity contribution in [2.24, 2.45) is 0 Å². The van der Waals surface area contributed by atoms with Crippen LogP contribution in [0.5, 0.6) is 11.5 Å². The SMILES string of the molecule is O=C(Cc1oc2cc(O)ccc2c1O)Nc1ccc(Cl)cc1Cl.